The summed E-state index contributed by atoms with van der Waals surface area (Å²) in [5.74, 6) is 0. The quantitative estimate of drug-likeness (QED) is 0.595. The van der Waals surface area contributed by atoms with Gasteiger partial charge in [0.2, 0.25) is 0 Å². The van der Waals surface area contributed by atoms with Gasteiger partial charge < -0.3 is 0 Å². The second kappa shape index (κ2) is 5.53. The molecule has 0 nitrogen and oxygen atoms in total. The van der Waals surface area contributed by atoms with Crippen molar-refractivity contribution in [3.63, 3.8) is 0 Å². The van der Waals surface area contributed by atoms with Gasteiger partial charge in [-0.1, -0.05) is 0 Å². The molecule has 1 heteroatoms. The van der Waals surface area contributed by atoms with Gasteiger partial charge in [0.05, 0.1) is 0 Å². The van der Waals surface area contributed by atoms with Crippen molar-refractivity contribution in [2.24, 2.45) is 0 Å². The molecule has 0 aromatic rings. The summed E-state index contributed by atoms with van der Waals surface area (Å²) in [4.78, 5) is 0. The first-order chi connectivity index (χ1) is 5.00. The Morgan fingerprint density at radius 1 is 0.600 bits per heavy atom. The third-order valence-electron chi connectivity index (χ3n) is 1.05. The maximum atomic E-state index is 2.32. The second-order valence-electron chi connectivity index (χ2n) is 1.85. The molecule has 0 fully saturated rings. The van der Waals surface area contributed by atoms with Crippen molar-refractivity contribution < 1.29 is 0 Å². The summed E-state index contributed by atoms with van der Waals surface area (Å²) in [6.45, 7) is 0. The predicted molar refractivity (Wildman–Crippen MR) is 48.4 cm³/mol. The fraction of sp³-hybridized carbons (Fsp3) is 0. The van der Waals surface area contributed by atoms with Gasteiger partial charge in [-0.15, -0.1) is 0 Å². The van der Waals surface area contributed by atoms with E-state index in [9.17, 15) is 0 Å². The molecule has 10 heavy (non-hydrogen) atoms. The van der Waals surface area contributed by atoms with Crippen LogP contribution < -0.4 is 0 Å². The molecule has 0 amide bonds. The molecule has 1 radical (unpaired) electrons. The van der Waals surface area contributed by atoms with Crippen LogP contribution in [0.15, 0.2) is 46.2 Å². The maximum absolute atomic E-state index is 2.32. The average molecular weight is 324 g/mol. The Balaban J connectivity index is 2.70. The molecule has 0 bridgehead atoms. The molecule has 0 saturated heterocycles. The van der Waals surface area contributed by atoms with E-state index >= 15 is 0 Å². The summed E-state index contributed by atoms with van der Waals surface area (Å²) in [6.07, 6.45) is 14.6. The van der Waals surface area contributed by atoms with Crippen LogP contribution in [-0.2, 0) is 0 Å². The molecule has 0 aromatic heterocycles. The SMILES string of the molecule is C1=C\C=C/[CH]=[Pb]/[CH]=C\C=C/1. The summed E-state index contributed by atoms with van der Waals surface area (Å²) < 4.78 is 4.64. The topological polar surface area (TPSA) is 0 Å². The van der Waals surface area contributed by atoms with E-state index < -0.39 is 23.7 Å². The van der Waals surface area contributed by atoms with Gasteiger partial charge in [0.25, 0.3) is 0 Å². The first kappa shape index (κ1) is 7.85. The van der Waals surface area contributed by atoms with Gasteiger partial charge >= 0.3 is 73.5 Å². The van der Waals surface area contributed by atoms with Crippen molar-refractivity contribution in [2.45, 2.75) is 0 Å². The van der Waals surface area contributed by atoms with Crippen LogP contribution in [0.25, 0.3) is 0 Å². The molecular weight excluding hydrogens is 315 g/mol. The van der Waals surface area contributed by atoms with Crippen LogP contribution in [0.4, 0.5) is 0 Å². The van der Waals surface area contributed by atoms with Crippen LogP contribution in [0, 0.1) is 0 Å². The molecular formula is C9H9Pb. The Kier molecular flexibility index (Phi) is 4.34. The minimum atomic E-state index is -0.498. The van der Waals surface area contributed by atoms with Crippen molar-refractivity contribution in [2.75, 3.05) is 0 Å². The van der Waals surface area contributed by atoms with Gasteiger partial charge in [0, 0.05) is 0 Å². The predicted octanol–water partition coefficient (Wildman–Crippen LogP) is 1.69. The van der Waals surface area contributed by atoms with Gasteiger partial charge in [-0.2, -0.15) is 0 Å². The normalized spacial score (nSPS) is 32.0. The molecule has 0 atom stereocenters. The summed E-state index contributed by atoms with van der Waals surface area (Å²) >= 11 is -0.498. The first-order valence-corrected chi connectivity index (χ1v) is 7.73. The molecule has 0 aliphatic carbocycles. The molecule has 0 unspecified atom stereocenters. The molecule has 1 aliphatic heterocycles. The zero-order chi connectivity index (χ0) is 7.07. The van der Waals surface area contributed by atoms with E-state index in [0.29, 0.717) is 0 Å². The molecule has 49 valence electrons. The monoisotopic (exact) mass is 325 g/mol. The van der Waals surface area contributed by atoms with E-state index in [1.165, 1.54) is 0 Å². The number of rotatable bonds is 0. The molecule has 1 rings (SSSR count). The van der Waals surface area contributed by atoms with E-state index in [2.05, 4.69) is 43.6 Å². The zero-order valence-corrected chi connectivity index (χ0v) is 9.58. The third-order valence-corrected chi connectivity index (χ3v) is 4.04. The van der Waals surface area contributed by atoms with Gasteiger partial charge in [-0.05, 0) is 0 Å². The van der Waals surface area contributed by atoms with Crippen LogP contribution in [0.3, 0.4) is 0 Å². The number of allylic oxidation sites excluding steroid dienone is 7. The van der Waals surface area contributed by atoms with Crippen molar-refractivity contribution in [3.05, 3.63) is 46.2 Å². The Morgan fingerprint density at radius 3 is 2.00 bits per heavy atom. The first-order valence-electron chi connectivity index (χ1n) is 3.24. The van der Waals surface area contributed by atoms with Crippen molar-refractivity contribution in [1.29, 1.82) is 0 Å². The summed E-state index contributed by atoms with van der Waals surface area (Å²) in [5.41, 5.74) is 0. The van der Waals surface area contributed by atoms with Gasteiger partial charge in [0.1, 0.15) is 0 Å². The number of hydrogen-bond acceptors (Lipinski definition) is 0. The number of hydrogen-bond donors (Lipinski definition) is 0. The molecule has 1 heterocycles. The van der Waals surface area contributed by atoms with E-state index in [4.69, 9.17) is 0 Å². The minimum absolute atomic E-state index is 0.498. The average Bonchev–Trinajstić information content (AvgIpc) is 2.01. The molecule has 0 N–H and O–H groups in total. The Labute approximate surface area is 73.3 Å². The van der Waals surface area contributed by atoms with E-state index in [-0.39, 0.29) is 0 Å². The molecule has 1 aliphatic rings. The zero-order valence-electron chi connectivity index (χ0n) is 5.70. The Morgan fingerprint density at radius 2 is 1.20 bits per heavy atom. The molecule has 0 saturated carbocycles. The summed E-state index contributed by atoms with van der Waals surface area (Å²) in [7, 11) is 0. The van der Waals surface area contributed by atoms with Crippen LogP contribution in [0.5, 0.6) is 0 Å². The standard InChI is InChI=1S/C9H9.Pb/c1-3-5-7-9-8-6-4-2;/h1-9H;/b3-1?,6-4-,7-5-,9-8-;. The van der Waals surface area contributed by atoms with Crippen molar-refractivity contribution in [1.82, 2.24) is 0 Å². The van der Waals surface area contributed by atoms with Gasteiger partial charge in [0.15, 0.2) is 0 Å². The van der Waals surface area contributed by atoms with Crippen molar-refractivity contribution in [3.8, 4) is 0 Å². The van der Waals surface area contributed by atoms with E-state index in [1.807, 2.05) is 6.08 Å². The van der Waals surface area contributed by atoms with E-state index in [1.54, 1.807) is 0 Å². The summed E-state index contributed by atoms with van der Waals surface area (Å²) in [6, 6.07) is 0. The van der Waals surface area contributed by atoms with Crippen LogP contribution in [0.1, 0.15) is 0 Å². The van der Waals surface area contributed by atoms with Gasteiger partial charge in [-0.25, -0.2) is 0 Å². The molecule has 0 aromatic carbocycles. The fourth-order valence-electron chi connectivity index (χ4n) is 0.599. The van der Waals surface area contributed by atoms with Crippen LogP contribution >= 0.6 is 0 Å². The van der Waals surface area contributed by atoms with Crippen LogP contribution in [-0.4, -0.2) is 27.3 Å². The van der Waals surface area contributed by atoms with Crippen LogP contribution in [0.2, 0.25) is 0 Å². The van der Waals surface area contributed by atoms with Crippen molar-refractivity contribution >= 4 is 27.3 Å². The van der Waals surface area contributed by atoms with Gasteiger partial charge in [-0.3, -0.25) is 0 Å². The summed E-state index contributed by atoms with van der Waals surface area (Å²) in [5, 5.41) is 0. The van der Waals surface area contributed by atoms with E-state index in [0.717, 1.165) is 0 Å². The molecule has 0 spiro atoms. The second-order valence-corrected chi connectivity index (χ2v) is 5.73. The Bertz CT molecular complexity index is 139. The fourth-order valence-corrected chi connectivity index (χ4v) is 2.76. The Hall–Kier alpha value is -0.248. The third kappa shape index (κ3) is 3.72.